The third-order valence-electron chi connectivity index (χ3n) is 4.89. The van der Waals surface area contributed by atoms with Crippen molar-refractivity contribution in [1.29, 1.82) is 0 Å². The van der Waals surface area contributed by atoms with E-state index in [1.54, 1.807) is 12.1 Å². The number of ether oxygens (including phenoxy) is 1. The van der Waals surface area contributed by atoms with E-state index in [1.165, 1.54) is 12.1 Å². The van der Waals surface area contributed by atoms with Gasteiger partial charge in [-0.15, -0.1) is 0 Å². The van der Waals surface area contributed by atoms with Crippen LogP contribution in [0.15, 0.2) is 24.3 Å². The van der Waals surface area contributed by atoms with E-state index in [9.17, 15) is 13.2 Å². The first kappa shape index (κ1) is 16.7. The molecule has 2 aliphatic rings. The normalized spacial score (nSPS) is 29.8. The molecule has 3 nitrogen and oxygen atoms in total. The molecule has 0 aromatic heterocycles. The molecule has 0 radical (unpaired) electrons. The molecule has 0 saturated carbocycles. The molecule has 0 bridgehead atoms. The van der Waals surface area contributed by atoms with Gasteiger partial charge in [0.25, 0.3) is 0 Å². The highest BCUT2D eigenvalue weighted by Gasteiger charge is 2.32. The minimum Gasteiger partial charge on any atom is -0.379 e. The Morgan fingerprint density at radius 3 is 2.65 bits per heavy atom. The predicted octanol–water partition coefficient (Wildman–Crippen LogP) is 2.87. The first-order chi connectivity index (χ1) is 10.9. The molecule has 3 rings (SSSR count). The van der Waals surface area contributed by atoms with Crippen molar-refractivity contribution in [3.05, 3.63) is 35.4 Å². The second-order valence-electron chi connectivity index (χ2n) is 6.58. The first-order valence-electron chi connectivity index (χ1n) is 8.16. The van der Waals surface area contributed by atoms with Gasteiger partial charge in [-0.3, -0.25) is 4.90 Å². The van der Waals surface area contributed by atoms with Crippen molar-refractivity contribution in [2.75, 3.05) is 32.8 Å². The predicted molar refractivity (Wildman–Crippen MR) is 82.4 cm³/mol. The molecule has 128 valence electrons. The molecule has 1 aromatic carbocycles. The molecule has 2 saturated heterocycles. The third kappa shape index (κ3) is 4.05. The van der Waals surface area contributed by atoms with Gasteiger partial charge in [0.1, 0.15) is 0 Å². The fraction of sp³-hybridized carbons (Fsp3) is 0.647. The Hall–Kier alpha value is -1.11. The van der Waals surface area contributed by atoms with E-state index >= 15 is 0 Å². The topological polar surface area (TPSA) is 24.5 Å². The number of alkyl halides is 3. The van der Waals surface area contributed by atoms with E-state index in [-0.39, 0.29) is 0 Å². The van der Waals surface area contributed by atoms with E-state index < -0.39 is 11.7 Å². The van der Waals surface area contributed by atoms with Gasteiger partial charge in [-0.1, -0.05) is 12.1 Å². The summed E-state index contributed by atoms with van der Waals surface area (Å²) in [6, 6.07) is 6.43. The lowest BCUT2D eigenvalue weighted by atomic mass is 9.95. The van der Waals surface area contributed by atoms with Crippen LogP contribution in [0.25, 0.3) is 0 Å². The smallest absolute Gasteiger partial charge is 0.379 e. The summed E-state index contributed by atoms with van der Waals surface area (Å²) < 4.78 is 43.3. The molecule has 1 unspecified atom stereocenters. The molecule has 0 spiro atoms. The lowest BCUT2D eigenvalue weighted by Gasteiger charge is -2.35. The zero-order chi connectivity index (χ0) is 16.4. The highest BCUT2D eigenvalue weighted by molar-refractivity contribution is 5.28. The molecule has 0 aliphatic carbocycles. The van der Waals surface area contributed by atoms with Gasteiger partial charge in [-0.05, 0) is 37.0 Å². The van der Waals surface area contributed by atoms with Crippen LogP contribution in [0.5, 0.6) is 0 Å². The standard InChI is InChI=1S/C17H23F3N2O/c1-12-11-23-7-6-22(12)10-16-8-14(9-21-16)13-2-4-15(5-3-13)17(18,19)20/h2-5,12,14,16,21H,6-11H2,1H3/t12-,14?,16+/m0/s1. The average molecular weight is 328 g/mol. The lowest BCUT2D eigenvalue weighted by Crippen LogP contribution is -2.48. The van der Waals surface area contributed by atoms with Crippen LogP contribution in [0.1, 0.15) is 30.4 Å². The molecular formula is C17H23F3N2O. The van der Waals surface area contributed by atoms with Gasteiger partial charge in [0.2, 0.25) is 0 Å². The van der Waals surface area contributed by atoms with E-state index in [0.29, 0.717) is 18.0 Å². The Morgan fingerprint density at radius 2 is 2.00 bits per heavy atom. The van der Waals surface area contributed by atoms with Crippen LogP contribution in [0.2, 0.25) is 0 Å². The number of nitrogens with zero attached hydrogens (tertiary/aromatic N) is 1. The summed E-state index contributed by atoms with van der Waals surface area (Å²) in [7, 11) is 0. The molecule has 6 heteroatoms. The Kier molecular flexibility index (Phi) is 4.94. The Labute approximate surface area is 134 Å². The summed E-state index contributed by atoms with van der Waals surface area (Å²) >= 11 is 0. The highest BCUT2D eigenvalue weighted by atomic mass is 19.4. The van der Waals surface area contributed by atoms with Gasteiger partial charge in [-0.2, -0.15) is 13.2 Å². The fourth-order valence-electron chi connectivity index (χ4n) is 3.47. The van der Waals surface area contributed by atoms with Gasteiger partial charge in [0, 0.05) is 31.7 Å². The summed E-state index contributed by atoms with van der Waals surface area (Å²) in [6.45, 7) is 6.47. The van der Waals surface area contributed by atoms with Gasteiger partial charge < -0.3 is 10.1 Å². The van der Waals surface area contributed by atoms with Crippen molar-refractivity contribution < 1.29 is 17.9 Å². The zero-order valence-electron chi connectivity index (χ0n) is 13.3. The van der Waals surface area contributed by atoms with Crippen LogP contribution < -0.4 is 5.32 Å². The summed E-state index contributed by atoms with van der Waals surface area (Å²) in [5, 5.41) is 3.51. The monoisotopic (exact) mass is 328 g/mol. The minimum absolute atomic E-state index is 0.290. The van der Waals surface area contributed by atoms with Crippen molar-refractivity contribution in [3.8, 4) is 0 Å². The zero-order valence-corrected chi connectivity index (χ0v) is 13.3. The second kappa shape index (κ2) is 6.79. The number of morpholine rings is 1. The fourth-order valence-corrected chi connectivity index (χ4v) is 3.47. The molecule has 23 heavy (non-hydrogen) atoms. The average Bonchev–Trinajstić information content (AvgIpc) is 2.97. The number of hydrogen-bond donors (Lipinski definition) is 1. The molecule has 1 aromatic rings. The van der Waals surface area contributed by atoms with Crippen LogP contribution in [-0.2, 0) is 10.9 Å². The number of rotatable bonds is 3. The van der Waals surface area contributed by atoms with Crippen molar-refractivity contribution in [3.63, 3.8) is 0 Å². The SMILES string of the molecule is C[C@H]1COCCN1C[C@H]1CC(c2ccc(C(F)(F)F)cc2)CN1. The van der Waals surface area contributed by atoms with Gasteiger partial charge in [0.05, 0.1) is 18.8 Å². The van der Waals surface area contributed by atoms with Crippen LogP contribution in [0, 0.1) is 0 Å². The molecule has 3 atom stereocenters. The van der Waals surface area contributed by atoms with Gasteiger partial charge in [-0.25, -0.2) is 0 Å². The molecular weight excluding hydrogens is 305 g/mol. The van der Waals surface area contributed by atoms with Crippen molar-refractivity contribution in [2.45, 2.75) is 37.5 Å². The molecule has 2 fully saturated rings. The third-order valence-corrected chi connectivity index (χ3v) is 4.89. The summed E-state index contributed by atoms with van der Waals surface area (Å²) in [6.07, 6.45) is -3.29. The quantitative estimate of drug-likeness (QED) is 0.923. The Bertz CT molecular complexity index is 518. The van der Waals surface area contributed by atoms with Crippen molar-refractivity contribution >= 4 is 0 Å². The summed E-state index contributed by atoms with van der Waals surface area (Å²) in [5.74, 6) is 0.290. The van der Waals surface area contributed by atoms with Crippen LogP contribution in [0.4, 0.5) is 13.2 Å². The maximum atomic E-state index is 12.6. The van der Waals surface area contributed by atoms with E-state index in [1.807, 2.05) is 0 Å². The summed E-state index contributed by atoms with van der Waals surface area (Å²) in [4.78, 5) is 2.43. The number of nitrogens with one attached hydrogen (secondary N) is 1. The maximum absolute atomic E-state index is 12.6. The second-order valence-corrected chi connectivity index (χ2v) is 6.58. The van der Waals surface area contributed by atoms with Crippen LogP contribution in [-0.4, -0.2) is 49.8 Å². The van der Waals surface area contributed by atoms with Crippen molar-refractivity contribution in [2.24, 2.45) is 0 Å². The maximum Gasteiger partial charge on any atom is 0.416 e. The Balaban J connectivity index is 1.57. The largest absolute Gasteiger partial charge is 0.416 e. The molecule has 2 aliphatic heterocycles. The highest BCUT2D eigenvalue weighted by Crippen LogP contribution is 2.32. The minimum atomic E-state index is -4.26. The lowest BCUT2D eigenvalue weighted by molar-refractivity contribution is -0.137. The molecule has 1 N–H and O–H groups in total. The first-order valence-corrected chi connectivity index (χ1v) is 8.16. The van der Waals surface area contributed by atoms with Crippen LogP contribution in [0.3, 0.4) is 0 Å². The van der Waals surface area contributed by atoms with E-state index in [0.717, 1.165) is 44.8 Å². The van der Waals surface area contributed by atoms with Gasteiger partial charge in [0.15, 0.2) is 0 Å². The molecule has 0 amide bonds. The van der Waals surface area contributed by atoms with Gasteiger partial charge >= 0.3 is 6.18 Å². The van der Waals surface area contributed by atoms with Crippen molar-refractivity contribution in [1.82, 2.24) is 10.2 Å². The number of hydrogen-bond acceptors (Lipinski definition) is 3. The van der Waals surface area contributed by atoms with E-state index in [4.69, 9.17) is 4.74 Å². The molecule has 2 heterocycles. The number of benzene rings is 1. The number of halogens is 3. The summed E-state index contributed by atoms with van der Waals surface area (Å²) in [5.41, 5.74) is 0.411. The van der Waals surface area contributed by atoms with E-state index in [2.05, 4.69) is 17.1 Å². The van der Waals surface area contributed by atoms with Crippen LogP contribution >= 0.6 is 0 Å². The Morgan fingerprint density at radius 1 is 1.26 bits per heavy atom.